The molecule has 0 unspecified atom stereocenters. The van der Waals surface area contributed by atoms with Crippen LogP contribution in [0, 0.1) is 10.1 Å². The maximum absolute atomic E-state index is 12.2. The molecule has 2 aromatic rings. The molecule has 1 amide bonds. The SMILES string of the molecule is CNc1cc(C(=O)Nc2ncccc2Br)c([N+](=O)[O-])cn1. The average Bonchev–Trinajstić information content (AvgIpc) is 2.48. The summed E-state index contributed by atoms with van der Waals surface area (Å²) in [6.45, 7) is 0. The van der Waals surface area contributed by atoms with E-state index in [9.17, 15) is 14.9 Å². The average molecular weight is 352 g/mol. The Morgan fingerprint density at radius 3 is 2.81 bits per heavy atom. The van der Waals surface area contributed by atoms with Crippen LogP contribution in [0.25, 0.3) is 0 Å². The van der Waals surface area contributed by atoms with E-state index in [1.165, 1.54) is 12.3 Å². The number of pyridine rings is 2. The van der Waals surface area contributed by atoms with Crippen molar-refractivity contribution < 1.29 is 9.72 Å². The van der Waals surface area contributed by atoms with E-state index in [0.717, 1.165) is 6.20 Å². The Labute approximate surface area is 127 Å². The third-order valence-corrected chi connectivity index (χ3v) is 3.21. The van der Waals surface area contributed by atoms with Crippen LogP contribution in [0.1, 0.15) is 10.4 Å². The zero-order valence-corrected chi connectivity index (χ0v) is 12.4. The Hall–Kier alpha value is -2.55. The van der Waals surface area contributed by atoms with Gasteiger partial charge in [-0.05, 0) is 28.1 Å². The molecule has 2 rings (SSSR count). The summed E-state index contributed by atoms with van der Waals surface area (Å²) in [7, 11) is 1.60. The van der Waals surface area contributed by atoms with Crippen molar-refractivity contribution in [2.24, 2.45) is 0 Å². The lowest BCUT2D eigenvalue weighted by atomic mass is 10.2. The second-order valence-electron chi connectivity index (χ2n) is 3.88. The molecule has 9 heteroatoms. The summed E-state index contributed by atoms with van der Waals surface area (Å²) in [5.41, 5.74) is -0.476. The number of rotatable bonds is 4. The molecule has 0 radical (unpaired) electrons. The van der Waals surface area contributed by atoms with Crippen molar-refractivity contribution in [1.29, 1.82) is 0 Å². The lowest BCUT2D eigenvalue weighted by Gasteiger charge is -2.07. The third-order valence-electron chi connectivity index (χ3n) is 2.57. The number of amides is 1. The van der Waals surface area contributed by atoms with Gasteiger partial charge in [-0.15, -0.1) is 0 Å². The van der Waals surface area contributed by atoms with Gasteiger partial charge < -0.3 is 10.6 Å². The highest BCUT2D eigenvalue weighted by atomic mass is 79.9. The number of nitrogens with one attached hydrogen (secondary N) is 2. The number of carbonyl (C=O) groups excluding carboxylic acids is 1. The number of hydrogen-bond donors (Lipinski definition) is 2. The van der Waals surface area contributed by atoms with Crippen molar-refractivity contribution in [3.8, 4) is 0 Å². The van der Waals surface area contributed by atoms with Gasteiger partial charge in [-0.1, -0.05) is 0 Å². The van der Waals surface area contributed by atoms with Gasteiger partial charge in [0.25, 0.3) is 11.6 Å². The fourth-order valence-corrected chi connectivity index (χ4v) is 1.92. The maximum Gasteiger partial charge on any atom is 0.300 e. The molecule has 108 valence electrons. The molecule has 0 aromatic carbocycles. The fraction of sp³-hybridized carbons (Fsp3) is 0.0833. The van der Waals surface area contributed by atoms with Crippen LogP contribution in [0.3, 0.4) is 0 Å². The maximum atomic E-state index is 12.2. The monoisotopic (exact) mass is 351 g/mol. The Morgan fingerprint density at radius 1 is 1.43 bits per heavy atom. The van der Waals surface area contributed by atoms with E-state index in [1.54, 1.807) is 19.2 Å². The largest absolute Gasteiger partial charge is 0.373 e. The number of nitrogens with zero attached hydrogens (tertiary/aromatic N) is 3. The van der Waals surface area contributed by atoms with E-state index in [-0.39, 0.29) is 17.1 Å². The van der Waals surface area contributed by atoms with Gasteiger partial charge in [0.1, 0.15) is 23.4 Å². The third kappa shape index (κ3) is 3.31. The quantitative estimate of drug-likeness (QED) is 0.646. The molecule has 0 aliphatic carbocycles. The van der Waals surface area contributed by atoms with Gasteiger partial charge in [0, 0.05) is 19.3 Å². The highest BCUT2D eigenvalue weighted by Crippen LogP contribution is 2.23. The second kappa shape index (κ2) is 6.27. The van der Waals surface area contributed by atoms with Crippen LogP contribution in [0.5, 0.6) is 0 Å². The van der Waals surface area contributed by atoms with Crippen molar-refractivity contribution in [3.63, 3.8) is 0 Å². The van der Waals surface area contributed by atoms with Gasteiger partial charge in [-0.2, -0.15) is 0 Å². The van der Waals surface area contributed by atoms with E-state index in [2.05, 4.69) is 36.5 Å². The van der Waals surface area contributed by atoms with Crippen LogP contribution in [-0.4, -0.2) is 27.8 Å². The number of halogens is 1. The van der Waals surface area contributed by atoms with Gasteiger partial charge in [-0.25, -0.2) is 9.97 Å². The number of carbonyl (C=O) groups is 1. The summed E-state index contributed by atoms with van der Waals surface area (Å²) in [6, 6.07) is 4.70. The second-order valence-corrected chi connectivity index (χ2v) is 4.74. The summed E-state index contributed by atoms with van der Waals surface area (Å²) in [4.78, 5) is 30.4. The first-order chi connectivity index (χ1) is 10.0. The Bertz CT molecular complexity index is 707. The Morgan fingerprint density at radius 2 is 2.19 bits per heavy atom. The normalized spacial score (nSPS) is 10.0. The van der Waals surface area contributed by atoms with Crippen molar-refractivity contribution in [2.45, 2.75) is 0 Å². The molecule has 2 aromatic heterocycles. The zero-order chi connectivity index (χ0) is 15.4. The van der Waals surface area contributed by atoms with Crippen molar-refractivity contribution >= 4 is 39.2 Å². The molecule has 0 saturated heterocycles. The van der Waals surface area contributed by atoms with E-state index in [1.807, 2.05) is 0 Å². The van der Waals surface area contributed by atoms with Gasteiger partial charge in [0.05, 0.1) is 9.40 Å². The van der Waals surface area contributed by atoms with Crippen molar-refractivity contribution in [3.05, 3.63) is 50.7 Å². The minimum absolute atomic E-state index is 0.100. The van der Waals surface area contributed by atoms with Crippen LogP contribution in [-0.2, 0) is 0 Å². The molecule has 0 atom stereocenters. The highest BCUT2D eigenvalue weighted by molar-refractivity contribution is 9.10. The summed E-state index contributed by atoms with van der Waals surface area (Å²) < 4.78 is 0.573. The molecule has 2 N–H and O–H groups in total. The highest BCUT2D eigenvalue weighted by Gasteiger charge is 2.22. The number of anilines is 2. The van der Waals surface area contributed by atoms with Gasteiger partial charge >= 0.3 is 0 Å². The minimum atomic E-state index is -0.658. The molecule has 8 nitrogen and oxygen atoms in total. The first kappa shape index (κ1) is 14.9. The van der Waals surface area contributed by atoms with Crippen LogP contribution >= 0.6 is 15.9 Å². The molecular weight excluding hydrogens is 342 g/mol. The first-order valence-corrected chi connectivity index (χ1v) is 6.56. The molecule has 0 aliphatic rings. The molecule has 0 saturated carbocycles. The number of hydrogen-bond acceptors (Lipinski definition) is 6. The van der Waals surface area contributed by atoms with E-state index in [4.69, 9.17) is 0 Å². The van der Waals surface area contributed by atoms with Crippen LogP contribution in [0.2, 0.25) is 0 Å². The summed E-state index contributed by atoms with van der Waals surface area (Å²) in [5, 5.41) is 16.2. The summed E-state index contributed by atoms with van der Waals surface area (Å²) >= 11 is 3.24. The van der Waals surface area contributed by atoms with Gasteiger partial charge in [0.2, 0.25) is 0 Å². The topological polar surface area (TPSA) is 110 Å². The van der Waals surface area contributed by atoms with Crippen molar-refractivity contribution in [1.82, 2.24) is 9.97 Å². The van der Waals surface area contributed by atoms with Crippen LogP contribution < -0.4 is 10.6 Å². The number of nitro groups is 1. The molecule has 0 spiro atoms. The molecule has 0 aliphatic heterocycles. The van der Waals surface area contributed by atoms with Crippen LogP contribution in [0.15, 0.2) is 35.1 Å². The molecule has 0 fully saturated rings. The Balaban J connectivity index is 2.38. The predicted molar refractivity (Wildman–Crippen MR) is 80.3 cm³/mol. The summed E-state index contributed by atoms with van der Waals surface area (Å²) in [5.74, 6) is -0.00884. The van der Waals surface area contributed by atoms with E-state index >= 15 is 0 Å². The van der Waals surface area contributed by atoms with Gasteiger partial charge in [-0.3, -0.25) is 14.9 Å². The van der Waals surface area contributed by atoms with Gasteiger partial charge in [0.15, 0.2) is 0 Å². The molecule has 0 bridgehead atoms. The predicted octanol–water partition coefficient (Wildman–Crippen LogP) is 2.44. The zero-order valence-electron chi connectivity index (χ0n) is 10.8. The van der Waals surface area contributed by atoms with Crippen LogP contribution in [0.4, 0.5) is 17.3 Å². The summed E-state index contributed by atoms with van der Waals surface area (Å²) in [6.07, 6.45) is 2.54. The first-order valence-electron chi connectivity index (χ1n) is 5.77. The lowest BCUT2D eigenvalue weighted by Crippen LogP contribution is -2.16. The smallest absolute Gasteiger partial charge is 0.300 e. The molecular formula is C12H10BrN5O3. The van der Waals surface area contributed by atoms with E-state index < -0.39 is 10.8 Å². The minimum Gasteiger partial charge on any atom is -0.373 e. The Kier molecular flexibility index (Phi) is 4.43. The van der Waals surface area contributed by atoms with Crippen molar-refractivity contribution in [2.75, 3.05) is 17.7 Å². The van der Waals surface area contributed by atoms with E-state index in [0.29, 0.717) is 10.3 Å². The molecule has 21 heavy (non-hydrogen) atoms. The fourth-order valence-electron chi connectivity index (χ4n) is 1.56. The standard InChI is InChI=1S/C12H10BrN5O3/c1-14-10-5-7(9(6-16-10)18(20)21)12(19)17-11-8(13)3-2-4-15-11/h2-6H,1H3,(H,14,16)(H,15,17,19). The number of aromatic nitrogens is 2. The lowest BCUT2D eigenvalue weighted by molar-refractivity contribution is -0.385. The molecule has 2 heterocycles.